The van der Waals surface area contributed by atoms with Crippen LogP contribution in [0.1, 0.15) is 40.5 Å². The van der Waals surface area contributed by atoms with E-state index in [4.69, 9.17) is 0 Å². The van der Waals surface area contributed by atoms with Crippen LogP contribution in [0.3, 0.4) is 0 Å². The molecule has 0 N–H and O–H groups in total. The van der Waals surface area contributed by atoms with Crippen LogP contribution in [0.2, 0.25) is 0 Å². The molecule has 0 aliphatic carbocycles. The van der Waals surface area contributed by atoms with Gasteiger partial charge < -0.3 is 4.90 Å². The number of hydrogen-bond acceptors (Lipinski definition) is 3. The minimum absolute atomic E-state index is 0.148. The van der Waals surface area contributed by atoms with E-state index in [0.29, 0.717) is 19.0 Å². The number of benzene rings is 1. The molecule has 1 aromatic carbocycles. The molecule has 5 nitrogen and oxygen atoms in total. The molecule has 0 bridgehead atoms. The van der Waals surface area contributed by atoms with Crippen LogP contribution in [0.5, 0.6) is 0 Å². The fourth-order valence-electron chi connectivity index (χ4n) is 3.52. The lowest BCUT2D eigenvalue weighted by molar-refractivity contribution is 0.0707. The van der Waals surface area contributed by atoms with E-state index in [2.05, 4.69) is 10.1 Å². The van der Waals surface area contributed by atoms with Crippen molar-refractivity contribution in [1.82, 2.24) is 19.5 Å². The molecule has 25 heavy (non-hydrogen) atoms. The number of aryl methyl sites for hydroxylation is 1. The minimum Gasteiger partial charge on any atom is -0.339 e. The number of aromatic nitrogens is 3. The van der Waals surface area contributed by atoms with Crippen LogP contribution < -0.4 is 0 Å². The number of piperidine rings is 1. The first-order valence-corrected chi connectivity index (χ1v) is 8.48. The highest BCUT2D eigenvalue weighted by Gasteiger charge is 2.27. The van der Waals surface area contributed by atoms with Crippen molar-refractivity contribution in [1.29, 1.82) is 0 Å². The quantitative estimate of drug-likeness (QED) is 0.721. The summed E-state index contributed by atoms with van der Waals surface area (Å²) < 4.78 is 15.7. The van der Waals surface area contributed by atoms with Gasteiger partial charge in [-0.2, -0.15) is 5.10 Å². The zero-order chi connectivity index (χ0) is 17.4. The standard InChI is InChI=1S/C19H19FN4O/c1-13-12-18-21-9-6-17(24(18)22-13)14-7-10-23(11-8-14)19(25)15-4-2-3-5-16(15)20/h2-6,9,12,14H,7-8,10-11H2,1H3. The van der Waals surface area contributed by atoms with Crippen molar-refractivity contribution in [3.63, 3.8) is 0 Å². The Hall–Kier alpha value is -2.76. The predicted octanol–water partition coefficient (Wildman–Crippen LogP) is 3.20. The second-order valence-electron chi connectivity index (χ2n) is 6.47. The van der Waals surface area contributed by atoms with Gasteiger partial charge in [-0.3, -0.25) is 4.79 Å². The number of nitrogens with zero attached hydrogens (tertiary/aromatic N) is 4. The average molecular weight is 338 g/mol. The molecular formula is C19H19FN4O. The highest BCUT2D eigenvalue weighted by atomic mass is 19.1. The lowest BCUT2D eigenvalue weighted by Gasteiger charge is -2.32. The van der Waals surface area contributed by atoms with Crippen LogP contribution in [0, 0.1) is 12.7 Å². The minimum atomic E-state index is -0.461. The number of carbonyl (C=O) groups excluding carboxylic acids is 1. The Labute approximate surface area is 145 Å². The Bertz CT molecular complexity index is 928. The van der Waals surface area contributed by atoms with Crippen molar-refractivity contribution in [2.75, 3.05) is 13.1 Å². The Morgan fingerprint density at radius 3 is 2.72 bits per heavy atom. The maximum absolute atomic E-state index is 13.8. The van der Waals surface area contributed by atoms with E-state index in [1.807, 2.05) is 29.8 Å². The molecule has 2 aromatic heterocycles. The third-order valence-corrected chi connectivity index (χ3v) is 4.81. The van der Waals surface area contributed by atoms with Crippen molar-refractivity contribution in [3.05, 3.63) is 65.4 Å². The van der Waals surface area contributed by atoms with Crippen molar-refractivity contribution < 1.29 is 9.18 Å². The summed E-state index contributed by atoms with van der Waals surface area (Å²) in [5, 5.41) is 4.53. The van der Waals surface area contributed by atoms with Crippen LogP contribution in [0.15, 0.2) is 42.6 Å². The largest absolute Gasteiger partial charge is 0.339 e. The SMILES string of the molecule is Cc1cc2nccc(C3CCN(C(=O)c4ccccc4F)CC3)n2n1. The topological polar surface area (TPSA) is 50.5 Å². The molecular weight excluding hydrogens is 319 g/mol. The summed E-state index contributed by atoms with van der Waals surface area (Å²) in [6.45, 7) is 3.18. The highest BCUT2D eigenvalue weighted by Crippen LogP contribution is 2.29. The molecule has 1 fully saturated rings. The number of carbonyl (C=O) groups is 1. The van der Waals surface area contributed by atoms with Gasteiger partial charge in [-0.1, -0.05) is 12.1 Å². The van der Waals surface area contributed by atoms with E-state index in [0.717, 1.165) is 29.9 Å². The molecule has 0 spiro atoms. The maximum Gasteiger partial charge on any atom is 0.256 e. The molecule has 0 unspecified atom stereocenters. The molecule has 1 amide bonds. The van der Waals surface area contributed by atoms with Crippen LogP contribution in [-0.2, 0) is 0 Å². The van der Waals surface area contributed by atoms with E-state index in [9.17, 15) is 9.18 Å². The third-order valence-electron chi connectivity index (χ3n) is 4.81. The van der Waals surface area contributed by atoms with Gasteiger partial charge in [-0.25, -0.2) is 13.9 Å². The Kier molecular flexibility index (Phi) is 3.95. The second-order valence-corrected chi connectivity index (χ2v) is 6.47. The van der Waals surface area contributed by atoms with Crippen molar-refractivity contribution >= 4 is 11.6 Å². The van der Waals surface area contributed by atoms with Gasteiger partial charge in [0.05, 0.1) is 11.3 Å². The molecule has 0 atom stereocenters. The van der Waals surface area contributed by atoms with Crippen LogP contribution in [0.25, 0.3) is 5.65 Å². The number of likely N-dealkylation sites (tertiary alicyclic amines) is 1. The zero-order valence-corrected chi connectivity index (χ0v) is 14.0. The van der Waals surface area contributed by atoms with Crippen molar-refractivity contribution in [2.45, 2.75) is 25.7 Å². The number of halogens is 1. The van der Waals surface area contributed by atoms with Crippen LogP contribution in [0.4, 0.5) is 4.39 Å². The normalized spacial score (nSPS) is 15.7. The van der Waals surface area contributed by atoms with Gasteiger partial charge in [0.2, 0.25) is 0 Å². The van der Waals surface area contributed by atoms with E-state index in [-0.39, 0.29) is 11.5 Å². The van der Waals surface area contributed by atoms with Gasteiger partial charge in [-0.15, -0.1) is 0 Å². The summed E-state index contributed by atoms with van der Waals surface area (Å²) >= 11 is 0. The van der Waals surface area contributed by atoms with Crippen molar-refractivity contribution in [3.8, 4) is 0 Å². The maximum atomic E-state index is 13.8. The first-order chi connectivity index (χ1) is 12.1. The van der Waals surface area contributed by atoms with Gasteiger partial charge in [0.25, 0.3) is 5.91 Å². The molecule has 6 heteroatoms. The third kappa shape index (κ3) is 2.88. The first kappa shape index (κ1) is 15.7. The number of hydrogen-bond donors (Lipinski definition) is 0. The molecule has 0 radical (unpaired) electrons. The lowest BCUT2D eigenvalue weighted by atomic mass is 9.93. The Morgan fingerprint density at radius 1 is 1.20 bits per heavy atom. The smallest absolute Gasteiger partial charge is 0.256 e. The molecule has 3 aromatic rings. The van der Waals surface area contributed by atoms with E-state index >= 15 is 0 Å². The summed E-state index contributed by atoms with van der Waals surface area (Å²) in [4.78, 5) is 18.6. The summed E-state index contributed by atoms with van der Waals surface area (Å²) in [7, 11) is 0. The van der Waals surface area contributed by atoms with E-state index < -0.39 is 5.82 Å². The van der Waals surface area contributed by atoms with Gasteiger partial charge in [-0.05, 0) is 38.0 Å². The van der Waals surface area contributed by atoms with Crippen molar-refractivity contribution in [2.24, 2.45) is 0 Å². The number of rotatable bonds is 2. The number of amides is 1. The fourth-order valence-corrected chi connectivity index (χ4v) is 3.52. The average Bonchev–Trinajstić information content (AvgIpc) is 3.02. The van der Waals surface area contributed by atoms with E-state index in [1.165, 1.54) is 6.07 Å². The lowest BCUT2D eigenvalue weighted by Crippen LogP contribution is -2.38. The fraction of sp³-hybridized carbons (Fsp3) is 0.316. The molecule has 0 saturated carbocycles. The first-order valence-electron chi connectivity index (χ1n) is 8.48. The second kappa shape index (κ2) is 6.27. The number of fused-ring (bicyclic) bond motifs is 1. The summed E-state index contributed by atoms with van der Waals surface area (Å²) in [6, 6.07) is 10.1. The zero-order valence-electron chi connectivity index (χ0n) is 14.0. The Morgan fingerprint density at radius 2 is 1.96 bits per heavy atom. The monoisotopic (exact) mass is 338 g/mol. The van der Waals surface area contributed by atoms with Gasteiger partial charge >= 0.3 is 0 Å². The molecule has 3 heterocycles. The summed E-state index contributed by atoms with van der Waals surface area (Å²) in [5.74, 6) is -0.377. The molecule has 1 aliphatic rings. The predicted molar refractivity (Wildman–Crippen MR) is 92.0 cm³/mol. The van der Waals surface area contributed by atoms with Crippen LogP contribution in [-0.4, -0.2) is 38.5 Å². The van der Waals surface area contributed by atoms with Gasteiger partial charge in [0, 0.05) is 37.0 Å². The summed E-state index contributed by atoms with van der Waals surface area (Å²) in [6.07, 6.45) is 3.47. The Balaban J connectivity index is 1.51. The van der Waals surface area contributed by atoms with E-state index in [1.54, 1.807) is 23.1 Å². The highest BCUT2D eigenvalue weighted by molar-refractivity contribution is 5.94. The van der Waals surface area contributed by atoms with Gasteiger partial charge in [0.1, 0.15) is 5.82 Å². The van der Waals surface area contributed by atoms with Crippen LogP contribution >= 0.6 is 0 Å². The molecule has 1 aliphatic heterocycles. The van der Waals surface area contributed by atoms with Gasteiger partial charge in [0.15, 0.2) is 5.65 Å². The molecule has 128 valence electrons. The molecule has 4 rings (SSSR count). The molecule has 1 saturated heterocycles. The summed E-state index contributed by atoms with van der Waals surface area (Å²) in [5.41, 5.74) is 3.05.